The number of nitrogens with one attached hydrogen (secondary N) is 2. The first kappa shape index (κ1) is 15.5. The molecule has 4 heteroatoms. The normalized spacial score (nSPS) is 12.0. The molecule has 1 unspecified atom stereocenters. The van der Waals surface area contributed by atoms with Gasteiger partial charge in [-0.1, -0.05) is 6.07 Å². The molecule has 0 spiro atoms. The van der Waals surface area contributed by atoms with Gasteiger partial charge in [0.15, 0.2) is 0 Å². The quantitative estimate of drug-likeness (QED) is 0.796. The van der Waals surface area contributed by atoms with Crippen molar-refractivity contribution in [1.82, 2.24) is 5.32 Å². The molecule has 4 nitrogen and oxygen atoms in total. The Morgan fingerprint density at radius 1 is 1.37 bits per heavy atom. The van der Waals surface area contributed by atoms with Crippen LogP contribution in [0.15, 0.2) is 18.2 Å². The summed E-state index contributed by atoms with van der Waals surface area (Å²) in [7, 11) is 0. The van der Waals surface area contributed by atoms with E-state index < -0.39 is 0 Å². The van der Waals surface area contributed by atoms with E-state index in [4.69, 9.17) is 4.74 Å². The van der Waals surface area contributed by atoms with Crippen LogP contribution in [0.25, 0.3) is 0 Å². The fourth-order valence-corrected chi connectivity index (χ4v) is 1.83. The Labute approximate surface area is 115 Å². The number of carbonyl (C=O) groups excluding carboxylic acids is 1. The van der Waals surface area contributed by atoms with E-state index in [9.17, 15) is 4.79 Å². The maximum atomic E-state index is 12.2. The van der Waals surface area contributed by atoms with Crippen molar-refractivity contribution in [3.8, 4) is 0 Å². The fraction of sp³-hybridized carbons (Fsp3) is 0.533. The molecule has 0 heterocycles. The van der Waals surface area contributed by atoms with Gasteiger partial charge in [0.1, 0.15) is 0 Å². The van der Waals surface area contributed by atoms with Gasteiger partial charge >= 0.3 is 0 Å². The molecule has 0 fully saturated rings. The Morgan fingerprint density at radius 2 is 2.11 bits per heavy atom. The molecule has 0 aliphatic heterocycles. The zero-order valence-electron chi connectivity index (χ0n) is 12.2. The lowest BCUT2D eigenvalue weighted by Crippen LogP contribution is -2.36. The molecule has 0 aliphatic carbocycles. The van der Waals surface area contributed by atoms with Gasteiger partial charge in [-0.15, -0.1) is 0 Å². The van der Waals surface area contributed by atoms with Crippen LogP contribution in [-0.4, -0.2) is 31.7 Å². The summed E-state index contributed by atoms with van der Waals surface area (Å²) in [6.07, 6.45) is 0. The Balaban J connectivity index is 2.75. The largest absolute Gasteiger partial charge is 0.385 e. The number of benzene rings is 1. The molecule has 1 rings (SSSR count). The van der Waals surface area contributed by atoms with Gasteiger partial charge in [0.25, 0.3) is 5.91 Å². The van der Waals surface area contributed by atoms with Gasteiger partial charge in [0.2, 0.25) is 0 Å². The predicted octanol–water partition coefficient (Wildman–Crippen LogP) is 2.58. The molecule has 0 radical (unpaired) electrons. The highest BCUT2D eigenvalue weighted by Crippen LogP contribution is 2.17. The molecule has 1 aromatic carbocycles. The minimum Gasteiger partial charge on any atom is -0.385 e. The number of amides is 1. The van der Waals surface area contributed by atoms with Gasteiger partial charge in [0, 0.05) is 24.9 Å². The first-order valence-electron chi connectivity index (χ1n) is 6.81. The summed E-state index contributed by atoms with van der Waals surface area (Å²) in [6.45, 7) is 9.89. The van der Waals surface area contributed by atoms with Gasteiger partial charge in [-0.25, -0.2) is 0 Å². The third-order valence-corrected chi connectivity index (χ3v) is 2.74. The topological polar surface area (TPSA) is 50.4 Å². The zero-order chi connectivity index (χ0) is 14.3. The van der Waals surface area contributed by atoms with Crippen LogP contribution < -0.4 is 10.6 Å². The fourth-order valence-electron chi connectivity index (χ4n) is 1.83. The summed E-state index contributed by atoms with van der Waals surface area (Å²) in [5, 5.41) is 6.17. The Bertz CT molecular complexity index is 419. The maximum absolute atomic E-state index is 12.2. The molecule has 0 aromatic heterocycles. The SMILES string of the molecule is CCNc1cc(C)ccc1C(=O)NC(C)COCC. The molecule has 0 saturated carbocycles. The smallest absolute Gasteiger partial charge is 0.253 e. The Hall–Kier alpha value is -1.55. The van der Waals surface area contributed by atoms with E-state index in [-0.39, 0.29) is 11.9 Å². The average Bonchev–Trinajstić information content (AvgIpc) is 2.36. The Kier molecular flexibility index (Phi) is 6.36. The number of carbonyl (C=O) groups is 1. The van der Waals surface area contributed by atoms with Crippen molar-refractivity contribution in [2.45, 2.75) is 33.7 Å². The van der Waals surface area contributed by atoms with Crippen molar-refractivity contribution in [3.63, 3.8) is 0 Å². The lowest BCUT2D eigenvalue weighted by molar-refractivity contribution is 0.0872. The second kappa shape index (κ2) is 7.79. The second-order valence-electron chi connectivity index (χ2n) is 4.61. The highest BCUT2D eigenvalue weighted by molar-refractivity contribution is 5.99. The van der Waals surface area contributed by atoms with E-state index in [2.05, 4.69) is 10.6 Å². The highest BCUT2D eigenvalue weighted by Gasteiger charge is 2.13. The zero-order valence-corrected chi connectivity index (χ0v) is 12.2. The highest BCUT2D eigenvalue weighted by atomic mass is 16.5. The molecule has 1 amide bonds. The van der Waals surface area contributed by atoms with Crippen molar-refractivity contribution in [1.29, 1.82) is 0 Å². The molecule has 1 aromatic rings. The van der Waals surface area contributed by atoms with Gasteiger partial charge in [-0.3, -0.25) is 4.79 Å². The summed E-state index contributed by atoms with van der Waals surface area (Å²) in [6, 6.07) is 5.80. The second-order valence-corrected chi connectivity index (χ2v) is 4.61. The summed E-state index contributed by atoms with van der Waals surface area (Å²) in [5.74, 6) is -0.0665. The number of hydrogen-bond acceptors (Lipinski definition) is 3. The van der Waals surface area contributed by atoms with Gasteiger partial charge < -0.3 is 15.4 Å². The van der Waals surface area contributed by atoms with Crippen LogP contribution in [0.5, 0.6) is 0 Å². The molecule has 0 saturated heterocycles. The van der Waals surface area contributed by atoms with Crippen LogP contribution >= 0.6 is 0 Å². The van der Waals surface area contributed by atoms with Crippen LogP contribution in [0.1, 0.15) is 36.7 Å². The first-order chi connectivity index (χ1) is 9.08. The van der Waals surface area contributed by atoms with Crippen LogP contribution in [0.2, 0.25) is 0 Å². The first-order valence-corrected chi connectivity index (χ1v) is 6.81. The molecule has 1 atom stereocenters. The molecule has 106 valence electrons. The van der Waals surface area contributed by atoms with Crippen molar-refractivity contribution in [2.75, 3.05) is 25.1 Å². The monoisotopic (exact) mass is 264 g/mol. The molecule has 2 N–H and O–H groups in total. The third kappa shape index (κ3) is 4.91. The van der Waals surface area contributed by atoms with Gasteiger partial charge in [-0.05, 0) is 45.4 Å². The van der Waals surface area contributed by atoms with Crippen molar-refractivity contribution < 1.29 is 9.53 Å². The lowest BCUT2D eigenvalue weighted by Gasteiger charge is -2.16. The van der Waals surface area contributed by atoms with Gasteiger partial charge in [0.05, 0.1) is 12.2 Å². The van der Waals surface area contributed by atoms with Crippen molar-refractivity contribution in [2.24, 2.45) is 0 Å². The number of rotatable bonds is 7. The van der Waals surface area contributed by atoms with Crippen molar-refractivity contribution in [3.05, 3.63) is 29.3 Å². The summed E-state index contributed by atoms with van der Waals surface area (Å²) >= 11 is 0. The van der Waals surface area contributed by atoms with Crippen molar-refractivity contribution >= 4 is 11.6 Å². The summed E-state index contributed by atoms with van der Waals surface area (Å²) < 4.78 is 5.30. The number of aryl methyl sites for hydroxylation is 1. The number of hydrogen-bond donors (Lipinski definition) is 2. The van der Waals surface area contributed by atoms with Crippen LogP contribution in [0.4, 0.5) is 5.69 Å². The van der Waals surface area contributed by atoms with Crippen LogP contribution in [-0.2, 0) is 4.74 Å². The summed E-state index contributed by atoms with van der Waals surface area (Å²) in [5.41, 5.74) is 2.69. The average molecular weight is 264 g/mol. The summed E-state index contributed by atoms with van der Waals surface area (Å²) in [4.78, 5) is 12.2. The van der Waals surface area contributed by atoms with E-state index in [1.165, 1.54) is 0 Å². The Morgan fingerprint density at radius 3 is 2.74 bits per heavy atom. The number of anilines is 1. The lowest BCUT2D eigenvalue weighted by atomic mass is 10.1. The van der Waals surface area contributed by atoms with Gasteiger partial charge in [-0.2, -0.15) is 0 Å². The van der Waals surface area contributed by atoms with Crippen LogP contribution in [0.3, 0.4) is 0 Å². The minimum atomic E-state index is -0.0665. The van der Waals surface area contributed by atoms with E-state index >= 15 is 0 Å². The maximum Gasteiger partial charge on any atom is 0.253 e. The molecule has 19 heavy (non-hydrogen) atoms. The number of ether oxygens (including phenoxy) is 1. The molecular weight excluding hydrogens is 240 g/mol. The molecular formula is C15H24N2O2. The standard InChI is InChI=1S/C15H24N2O2/c1-5-16-14-9-11(3)7-8-13(14)15(18)17-12(4)10-19-6-2/h7-9,12,16H,5-6,10H2,1-4H3,(H,17,18). The molecule has 0 bridgehead atoms. The minimum absolute atomic E-state index is 0.00299. The van der Waals surface area contributed by atoms with Crippen LogP contribution in [0, 0.1) is 6.92 Å². The van der Waals surface area contributed by atoms with E-state index in [1.807, 2.05) is 45.9 Å². The molecule has 0 aliphatic rings. The predicted molar refractivity (Wildman–Crippen MR) is 78.8 cm³/mol. The van der Waals surface area contributed by atoms with E-state index in [0.717, 1.165) is 17.8 Å². The third-order valence-electron chi connectivity index (χ3n) is 2.74. The van der Waals surface area contributed by atoms with E-state index in [1.54, 1.807) is 0 Å². The van der Waals surface area contributed by atoms with E-state index in [0.29, 0.717) is 18.8 Å².